The predicted octanol–water partition coefficient (Wildman–Crippen LogP) is 1.81. The van der Waals surface area contributed by atoms with E-state index in [1.165, 1.54) is 5.56 Å². The largest absolute Gasteiger partial charge is 0.361 e. The third kappa shape index (κ3) is 4.27. The quantitative estimate of drug-likeness (QED) is 0.604. The normalized spacial score (nSPS) is 9.73. The molecule has 0 fully saturated rings. The van der Waals surface area contributed by atoms with Crippen molar-refractivity contribution in [2.45, 2.75) is 13.3 Å². The maximum Gasteiger partial charge on any atom is 0.192 e. The molecule has 0 spiro atoms. The van der Waals surface area contributed by atoms with Crippen LogP contribution in [0.1, 0.15) is 12.5 Å². The average Bonchev–Trinajstić information content (AvgIpc) is 2.29. The van der Waals surface area contributed by atoms with Gasteiger partial charge in [0.15, 0.2) is 5.11 Å². The number of thiocarbonyl (C=S) groups is 1. The summed E-state index contributed by atoms with van der Waals surface area (Å²) >= 11 is 4.96. The van der Waals surface area contributed by atoms with Crippen LogP contribution >= 0.6 is 12.2 Å². The predicted molar refractivity (Wildman–Crippen MR) is 64.9 cm³/mol. The summed E-state index contributed by atoms with van der Waals surface area (Å²) in [5.74, 6) is 0. The molecule has 0 heterocycles. The second-order valence-electron chi connectivity index (χ2n) is 3.18. The van der Waals surface area contributed by atoms with Gasteiger partial charge in [0.05, 0.1) is 0 Å². The Bertz CT molecular complexity index is 303. The Morgan fingerprint density at radius 2 is 2.07 bits per heavy atom. The Hall–Kier alpha value is -1.13. The van der Waals surface area contributed by atoms with Crippen LogP contribution in [0.3, 0.4) is 0 Å². The number of hydroxylamine groups is 2. The third-order valence-corrected chi connectivity index (χ3v) is 2.42. The Morgan fingerprint density at radius 3 is 2.67 bits per heavy atom. The number of rotatable bonds is 4. The Labute approximate surface area is 95.7 Å². The lowest BCUT2D eigenvalue weighted by Gasteiger charge is -2.16. The van der Waals surface area contributed by atoms with Crippen LogP contribution in [-0.4, -0.2) is 28.5 Å². The van der Waals surface area contributed by atoms with Crippen molar-refractivity contribution in [3.63, 3.8) is 0 Å². The van der Waals surface area contributed by atoms with Crippen LogP contribution in [0.25, 0.3) is 0 Å². The van der Waals surface area contributed by atoms with Crippen LogP contribution in [0.5, 0.6) is 0 Å². The van der Waals surface area contributed by atoms with E-state index in [1.807, 2.05) is 25.1 Å². The van der Waals surface area contributed by atoms with Crippen molar-refractivity contribution in [3.8, 4) is 0 Å². The minimum atomic E-state index is 0.383. The van der Waals surface area contributed by atoms with Crippen LogP contribution in [0.2, 0.25) is 0 Å². The molecule has 0 amide bonds. The summed E-state index contributed by atoms with van der Waals surface area (Å²) in [7, 11) is 0. The molecule has 0 aliphatic rings. The highest BCUT2D eigenvalue weighted by atomic mass is 32.1. The van der Waals surface area contributed by atoms with Gasteiger partial charge >= 0.3 is 0 Å². The molecule has 1 aromatic rings. The number of hydrogen-bond donors (Lipinski definition) is 2. The summed E-state index contributed by atoms with van der Waals surface area (Å²) < 4.78 is 0. The second kappa shape index (κ2) is 6.37. The van der Waals surface area contributed by atoms with Gasteiger partial charge < -0.3 is 5.32 Å². The van der Waals surface area contributed by atoms with Gasteiger partial charge in [-0.3, -0.25) is 5.21 Å². The van der Waals surface area contributed by atoms with E-state index in [-0.39, 0.29) is 0 Å². The first-order valence-corrected chi connectivity index (χ1v) is 5.43. The number of hydrogen-bond acceptors (Lipinski definition) is 2. The SMILES string of the molecule is CCN(O)C(=S)NCCc1ccccc1. The van der Waals surface area contributed by atoms with Crippen LogP contribution in [0, 0.1) is 0 Å². The molecule has 0 unspecified atom stereocenters. The summed E-state index contributed by atoms with van der Waals surface area (Å²) in [4.78, 5) is 0. The van der Waals surface area contributed by atoms with Gasteiger partial charge in [0.2, 0.25) is 0 Å². The zero-order valence-electron chi connectivity index (χ0n) is 8.81. The van der Waals surface area contributed by atoms with E-state index in [4.69, 9.17) is 12.2 Å². The third-order valence-electron chi connectivity index (χ3n) is 2.07. The van der Waals surface area contributed by atoms with E-state index in [1.54, 1.807) is 0 Å². The maximum absolute atomic E-state index is 9.25. The molecule has 2 N–H and O–H groups in total. The molecule has 15 heavy (non-hydrogen) atoms. The molecule has 0 bridgehead atoms. The monoisotopic (exact) mass is 224 g/mol. The highest BCUT2D eigenvalue weighted by Gasteiger charge is 2.01. The smallest absolute Gasteiger partial charge is 0.192 e. The summed E-state index contributed by atoms with van der Waals surface area (Å²) in [6.07, 6.45) is 0.901. The van der Waals surface area contributed by atoms with Crippen molar-refractivity contribution in [2.75, 3.05) is 13.1 Å². The fourth-order valence-corrected chi connectivity index (χ4v) is 1.42. The van der Waals surface area contributed by atoms with Crippen molar-refractivity contribution in [1.29, 1.82) is 0 Å². The molecule has 4 heteroatoms. The lowest BCUT2D eigenvalue weighted by Crippen LogP contribution is -2.38. The van der Waals surface area contributed by atoms with E-state index < -0.39 is 0 Å². The van der Waals surface area contributed by atoms with Crippen LogP contribution in [-0.2, 0) is 6.42 Å². The molecule has 0 aliphatic carbocycles. The molecule has 0 aliphatic heterocycles. The summed E-state index contributed by atoms with van der Waals surface area (Å²) in [6.45, 7) is 3.07. The van der Waals surface area contributed by atoms with Crippen molar-refractivity contribution >= 4 is 17.3 Å². The second-order valence-corrected chi connectivity index (χ2v) is 3.57. The number of nitrogens with zero attached hydrogens (tertiary/aromatic N) is 1. The van der Waals surface area contributed by atoms with E-state index in [9.17, 15) is 5.21 Å². The minimum Gasteiger partial charge on any atom is -0.361 e. The summed E-state index contributed by atoms with van der Waals surface area (Å²) in [5, 5.41) is 13.7. The van der Waals surface area contributed by atoms with Gasteiger partial charge in [-0.25, -0.2) is 5.06 Å². The van der Waals surface area contributed by atoms with Crippen LogP contribution < -0.4 is 5.32 Å². The van der Waals surface area contributed by atoms with Crippen LogP contribution in [0.15, 0.2) is 30.3 Å². The van der Waals surface area contributed by atoms with E-state index in [2.05, 4.69) is 17.4 Å². The fourth-order valence-electron chi connectivity index (χ4n) is 1.19. The standard InChI is InChI=1S/C11H16N2OS/c1-2-13(14)11(15)12-9-8-10-6-4-3-5-7-10/h3-7,14H,2,8-9H2,1H3,(H,12,15). The molecular weight excluding hydrogens is 208 g/mol. The maximum atomic E-state index is 9.25. The molecule has 3 nitrogen and oxygen atoms in total. The van der Waals surface area contributed by atoms with E-state index >= 15 is 0 Å². The zero-order valence-corrected chi connectivity index (χ0v) is 9.63. The van der Waals surface area contributed by atoms with Gasteiger partial charge in [0.1, 0.15) is 0 Å². The molecule has 82 valence electrons. The fraction of sp³-hybridized carbons (Fsp3) is 0.364. The Balaban J connectivity index is 2.25. The first-order chi connectivity index (χ1) is 7.24. The van der Waals surface area contributed by atoms with Crippen molar-refractivity contribution in [1.82, 2.24) is 10.4 Å². The molecule has 0 saturated carbocycles. The van der Waals surface area contributed by atoms with Gasteiger partial charge in [0, 0.05) is 13.1 Å². The van der Waals surface area contributed by atoms with Gasteiger partial charge in [-0.05, 0) is 31.1 Å². The molecular formula is C11H16N2OS. The minimum absolute atomic E-state index is 0.383. The van der Waals surface area contributed by atoms with Gasteiger partial charge in [-0.15, -0.1) is 0 Å². The summed E-state index contributed by atoms with van der Waals surface area (Å²) in [6, 6.07) is 10.2. The summed E-state index contributed by atoms with van der Waals surface area (Å²) in [5.41, 5.74) is 1.26. The number of nitrogens with one attached hydrogen (secondary N) is 1. The van der Waals surface area contributed by atoms with Gasteiger partial charge in [-0.2, -0.15) is 0 Å². The highest BCUT2D eigenvalue weighted by Crippen LogP contribution is 1.98. The lowest BCUT2D eigenvalue weighted by molar-refractivity contribution is -0.00999. The van der Waals surface area contributed by atoms with E-state index in [0.717, 1.165) is 18.0 Å². The van der Waals surface area contributed by atoms with Crippen molar-refractivity contribution in [3.05, 3.63) is 35.9 Å². The topological polar surface area (TPSA) is 35.5 Å². The Kier molecular flexibility index (Phi) is 5.07. The molecule has 1 rings (SSSR count). The average molecular weight is 224 g/mol. The van der Waals surface area contributed by atoms with Gasteiger partial charge in [-0.1, -0.05) is 30.3 Å². The first kappa shape index (κ1) is 11.9. The molecule has 0 saturated heterocycles. The molecule has 1 aromatic carbocycles. The molecule has 0 radical (unpaired) electrons. The molecule has 0 atom stereocenters. The van der Waals surface area contributed by atoms with Crippen molar-refractivity contribution < 1.29 is 5.21 Å². The van der Waals surface area contributed by atoms with Gasteiger partial charge in [0.25, 0.3) is 0 Å². The van der Waals surface area contributed by atoms with Crippen LogP contribution in [0.4, 0.5) is 0 Å². The van der Waals surface area contributed by atoms with E-state index in [0.29, 0.717) is 11.7 Å². The first-order valence-electron chi connectivity index (χ1n) is 5.02. The lowest BCUT2D eigenvalue weighted by atomic mass is 10.1. The molecule has 0 aromatic heterocycles. The number of benzene rings is 1. The van der Waals surface area contributed by atoms with Crippen molar-refractivity contribution in [2.24, 2.45) is 0 Å². The highest BCUT2D eigenvalue weighted by molar-refractivity contribution is 7.80. The Morgan fingerprint density at radius 1 is 1.40 bits per heavy atom. The zero-order chi connectivity index (χ0) is 11.1.